The maximum Gasteiger partial charge on any atom is 0.0680 e. The monoisotopic (exact) mass is 231 g/mol. The molecule has 2 unspecified atom stereocenters. The molecule has 0 amide bonds. The summed E-state index contributed by atoms with van der Waals surface area (Å²) in [6, 6.07) is 11.6. The second kappa shape index (κ2) is 4.43. The molecule has 2 heterocycles. The van der Waals surface area contributed by atoms with Gasteiger partial charge in [0, 0.05) is 12.1 Å². The van der Waals surface area contributed by atoms with Gasteiger partial charge >= 0.3 is 0 Å². The summed E-state index contributed by atoms with van der Waals surface area (Å²) in [5.74, 6) is 0. The Morgan fingerprint density at radius 2 is 1.76 bits per heavy atom. The van der Waals surface area contributed by atoms with Crippen LogP contribution in [0.1, 0.15) is 37.7 Å². The first-order valence-electron chi connectivity index (χ1n) is 6.76. The van der Waals surface area contributed by atoms with E-state index in [2.05, 4.69) is 29.6 Å². The summed E-state index contributed by atoms with van der Waals surface area (Å²) in [6.45, 7) is 0. The molecule has 2 aliphatic heterocycles. The molecular formula is C15H21NO. The van der Waals surface area contributed by atoms with Gasteiger partial charge in [0.2, 0.25) is 0 Å². The summed E-state index contributed by atoms with van der Waals surface area (Å²) in [4.78, 5) is 0. The molecule has 0 saturated carbocycles. The summed E-state index contributed by atoms with van der Waals surface area (Å²) in [5, 5.41) is 14.3. The molecule has 0 aliphatic carbocycles. The first-order valence-corrected chi connectivity index (χ1v) is 6.76. The number of aliphatic hydroxyl groups is 1. The fraction of sp³-hybridized carbons (Fsp3) is 0.600. The molecule has 2 N–H and O–H groups in total. The third-order valence-electron chi connectivity index (χ3n) is 4.31. The van der Waals surface area contributed by atoms with Crippen LogP contribution in [0.2, 0.25) is 0 Å². The van der Waals surface area contributed by atoms with Crippen molar-refractivity contribution in [2.24, 2.45) is 0 Å². The summed E-state index contributed by atoms with van der Waals surface area (Å²) < 4.78 is 0. The van der Waals surface area contributed by atoms with E-state index in [1.807, 2.05) is 6.07 Å². The maximum atomic E-state index is 10.7. The zero-order valence-corrected chi connectivity index (χ0v) is 10.2. The molecule has 2 nitrogen and oxygen atoms in total. The third kappa shape index (κ3) is 2.53. The van der Waals surface area contributed by atoms with Crippen LogP contribution in [0.25, 0.3) is 0 Å². The van der Waals surface area contributed by atoms with E-state index in [4.69, 9.17) is 0 Å². The van der Waals surface area contributed by atoms with Crippen molar-refractivity contribution in [2.75, 3.05) is 0 Å². The van der Waals surface area contributed by atoms with Gasteiger partial charge in [0.05, 0.1) is 5.60 Å². The molecule has 2 fully saturated rings. The van der Waals surface area contributed by atoms with Gasteiger partial charge in [0.25, 0.3) is 0 Å². The summed E-state index contributed by atoms with van der Waals surface area (Å²) in [7, 11) is 0. The standard InChI is InChI=1S/C15H21NO/c17-15(9-8-12-4-2-1-3-5-12)10-13-6-7-14(11-15)16-13/h1-5,13-14,16-17H,6-11H2. The van der Waals surface area contributed by atoms with Crippen LogP contribution in [-0.2, 0) is 6.42 Å². The van der Waals surface area contributed by atoms with Gasteiger partial charge in [-0.25, -0.2) is 0 Å². The number of fused-ring (bicyclic) bond motifs is 2. The van der Waals surface area contributed by atoms with Crippen molar-refractivity contribution >= 4 is 0 Å². The Morgan fingerprint density at radius 1 is 1.12 bits per heavy atom. The quantitative estimate of drug-likeness (QED) is 0.836. The molecule has 2 aliphatic rings. The van der Waals surface area contributed by atoms with Crippen molar-refractivity contribution < 1.29 is 5.11 Å². The Hall–Kier alpha value is -0.860. The predicted octanol–water partition coefficient (Wildman–Crippen LogP) is 2.26. The number of nitrogens with one attached hydrogen (secondary N) is 1. The molecule has 0 spiro atoms. The van der Waals surface area contributed by atoms with Crippen molar-refractivity contribution in [2.45, 2.75) is 56.2 Å². The Balaban J connectivity index is 1.61. The van der Waals surface area contributed by atoms with E-state index in [0.717, 1.165) is 25.7 Å². The van der Waals surface area contributed by atoms with E-state index in [-0.39, 0.29) is 0 Å². The number of aryl methyl sites for hydroxylation is 1. The summed E-state index contributed by atoms with van der Waals surface area (Å²) in [6.07, 6.45) is 6.28. The third-order valence-corrected chi connectivity index (χ3v) is 4.31. The number of rotatable bonds is 3. The fourth-order valence-corrected chi connectivity index (χ4v) is 3.45. The molecule has 1 aromatic rings. The van der Waals surface area contributed by atoms with E-state index in [9.17, 15) is 5.11 Å². The van der Waals surface area contributed by atoms with Crippen LogP contribution < -0.4 is 5.32 Å². The van der Waals surface area contributed by atoms with Gasteiger partial charge in [-0.05, 0) is 44.1 Å². The highest BCUT2D eigenvalue weighted by molar-refractivity contribution is 5.15. The molecule has 3 rings (SSSR count). The Kier molecular flexibility index (Phi) is 2.93. The van der Waals surface area contributed by atoms with E-state index in [1.54, 1.807) is 0 Å². The molecule has 17 heavy (non-hydrogen) atoms. The zero-order valence-electron chi connectivity index (χ0n) is 10.2. The minimum absolute atomic E-state index is 0.424. The Labute approximate surface area is 103 Å². The molecule has 1 aromatic carbocycles. The van der Waals surface area contributed by atoms with E-state index in [1.165, 1.54) is 18.4 Å². The van der Waals surface area contributed by atoms with E-state index in [0.29, 0.717) is 12.1 Å². The highest BCUT2D eigenvalue weighted by atomic mass is 16.3. The molecule has 2 bridgehead atoms. The predicted molar refractivity (Wildman–Crippen MR) is 68.9 cm³/mol. The first-order chi connectivity index (χ1) is 8.23. The van der Waals surface area contributed by atoms with Crippen LogP contribution in [0.15, 0.2) is 30.3 Å². The SMILES string of the molecule is OC1(CCc2ccccc2)CC2CCC(C1)N2. The molecule has 0 radical (unpaired) electrons. The normalized spacial score (nSPS) is 36.1. The summed E-state index contributed by atoms with van der Waals surface area (Å²) in [5.41, 5.74) is 0.916. The van der Waals surface area contributed by atoms with Crippen molar-refractivity contribution in [1.82, 2.24) is 5.32 Å². The van der Waals surface area contributed by atoms with Gasteiger partial charge in [-0.15, -0.1) is 0 Å². The molecule has 0 aromatic heterocycles. The van der Waals surface area contributed by atoms with Gasteiger partial charge < -0.3 is 10.4 Å². The Morgan fingerprint density at radius 3 is 2.41 bits per heavy atom. The first kappa shape index (κ1) is 11.2. The minimum atomic E-state index is -0.424. The fourth-order valence-electron chi connectivity index (χ4n) is 3.45. The average molecular weight is 231 g/mol. The number of piperidine rings is 1. The van der Waals surface area contributed by atoms with Crippen molar-refractivity contribution in [1.29, 1.82) is 0 Å². The van der Waals surface area contributed by atoms with E-state index < -0.39 is 5.60 Å². The number of hydrogen-bond acceptors (Lipinski definition) is 2. The lowest BCUT2D eigenvalue weighted by Gasteiger charge is -2.37. The van der Waals surface area contributed by atoms with Crippen LogP contribution in [0.5, 0.6) is 0 Å². The van der Waals surface area contributed by atoms with Crippen LogP contribution in [0.4, 0.5) is 0 Å². The van der Waals surface area contributed by atoms with Gasteiger partial charge in [0.1, 0.15) is 0 Å². The highest BCUT2D eigenvalue weighted by Gasteiger charge is 2.41. The molecule has 2 heteroatoms. The van der Waals surface area contributed by atoms with Crippen molar-refractivity contribution in [3.63, 3.8) is 0 Å². The number of hydrogen-bond donors (Lipinski definition) is 2. The van der Waals surface area contributed by atoms with Gasteiger partial charge in [-0.1, -0.05) is 30.3 Å². The maximum absolute atomic E-state index is 10.7. The van der Waals surface area contributed by atoms with Crippen LogP contribution in [0.3, 0.4) is 0 Å². The van der Waals surface area contributed by atoms with Gasteiger partial charge in [0.15, 0.2) is 0 Å². The largest absolute Gasteiger partial charge is 0.390 e. The van der Waals surface area contributed by atoms with Crippen LogP contribution in [0, 0.1) is 0 Å². The molecule has 2 saturated heterocycles. The van der Waals surface area contributed by atoms with Gasteiger partial charge in [-0.2, -0.15) is 0 Å². The van der Waals surface area contributed by atoms with Crippen molar-refractivity contribution in [3.8, 4) is 0 Å². The zero-order chi connectivity index (χ0) is 11.7. The van der Waals surface area contributed by atoms with E-state index >= 15 is 0 Å². The summed E-state index contributed by atoms with van der Waals surface area (Å²) >= 11 is 0. The Bertz CT molecular complexity index is 364. The van der Waals surface area contributed by atoms with Gasteiger partial charge in [-0.3, -0.25) is 0 Å². The number of benzene rings is 1. The second-order valence-corrected chi connectivity index (χ2v) is 5.76. The van der Waals surface area contributed by atoms with Crippen molar-refractivity contribution in [3.05, 3.63) is 35.9 Å². The van der Waals surface area contributed by atoms with Crippen LogP contribution in [-0.4, -0.2) is 22.8 Å². The molecule has 2 atom stereocenters. The highest BCUT2D eigenvalue weighted by Crippen LogP contribution is 2.36. The minimum Gasteiger partial charge on any atom is -0.390 e. The van der Waals surface area contributed by atoms with Crippen LogP contribution >= 0.6 is 0 Å². The lowest BCUT2D eigenvalue weighted by molar-refractivity contribution is -0.0136. The molecular weight excluding hydrogens is 210 g/mol. The topological polar surface area (TPSA) is 32.3 Å². The lowest BCUT2D eigenvalue weighted by atomic mass is 9.83. The smallest absolute Gasteiger partial charge is 0.0680 e. The molecule has 92 valence electrons. The average Bonchev–Trinajstić information content (AvgIpc) is 2.69. The lowest BCUT2D eigenvalue weighted by Crippen LogP contribution is -2.48. The second-order valence-electron chi connectivity index (χ2n) is 5.76.